The van der Waals surface area contributed by atoms with Gasteiger partial charge in [-0.15, -0.1) is 0 Å². The molecule has 1 saturated heterocycles. The van der Waals surface area contributed by atoms with Gasteiger partial charge in [0.05, 0.1) is 5.02 Å². The summed E-state index contributed by atoms with van der Waals surface area (Å²) < 4.78 is 18.4. The van der Waals surface area contributed by atoms with Gasteiger partial charge in [0.15, 0.2) is 6.61 Å². The zero-order valence-electron chi connectivity index (χ0n) is 13.2. The summed E-state index contributed by atoms with van der Waals surface area (Å²) in [4.78, 5) is 27.3. The van der Waals surface area contributed by atoms with Crippen molar-refractivity contribution in [3.8, 4) is 5.75 Å². The average molecular weight is 343 g/mol. The summed E-state index contributed by atoms with van der Waals surface area (Å²) in [6, 6.07) is 3.96. The van der Waals surface area contributed by atoms with Crippen molar-refractivity contribution in [1.29, 1.82) is 0 Å². The van der Waals surface area contributed by atoms with Crippen LogP contribution in [0.1, 0.15) is 12.8 Å². The third kappa shape index (κ3) is 4.58. The zero-order valence-corrected chi connectivity index (χ0v) is 14.0. The van der Waals surface area contributed by atoms with Gasteiger partial charge in [0.1, 0.15) is 11.6 Å². The van der Waals surface area contributed by atoms with Crippen molar-refractivity contribution in [2.45, 2.75) is 12.8 Å². The van der Waals surface area contributed by atoms with Gasteiger partial charge in [-0.3, -0.25) is 9.59 Å². The number of carbonyl (C=O) groups is 2. The minimum Gasteiger partial charge on any atom is -0.484 e. The molecule has 1 aromatic rings. The molecule has 1 fully saturated rings. The van der Waals surface area contributed by atoms with E-state index in [2.05, 4.69) is 0 Å². The minimum atomic E-state index is -0.530. The summed E-state index contributed by atoms with van der Waals surface area (Å²) in [5.41, 5.74) is 0. The van der Waals surface area contributed by atoms with E-state index in [0.717, 1.165) is 0 Å². The van der Waals surface area contributed by atoms with E-state index in [4.69, 9.17) is 16.3 Å². The lowest BCUT2D eigenvalue weighted by Crippen LogP contribution is -2.44. The number of hydrogen-bond acceptors (Lipinski definition) is 3. The van der Waals surface area contributed by atoms with Crippen molar-refractivity contribution in [3.63, 3.8) is 0 Å². The number of halogens is 2. The molecule has 1 heterocycles. The van der Waals surface area contributed by atoms with Gasteiger partial charge in [-0.25, -0.2) is 4.39 Å². The van der Waals surface area contributed by atoms with E-state index in [-0.39, 0.29) is 29.4 Å². The van der Waals surface area contributed by atoms with Crippen LogP contribution in [0.4, 0.5) is 4.39 Å². The van der Waals surface area contributed by atoms with E-state index >= 15 is 0 Å². The van der Waals surface area contributed by atoms with Crippen LogP contribution in [0.3, 0.4) is 0 Å². The first-order valence-corrected chi connectivity index (χ1v) is 7.83. The minimum absolute atomic E-state index is 0.0223. The van der Waals surface area contributed by atoms with Crippen molar-refractivity contribution in [2.75, 3.05) is 33.8 Å². The summed E-state index contributed by atoms with van der Waals surface area (Å²) in [7, 11) is 3.48. The SMILES string of the molecule is CN(C)C(=O)C1CCN(C(=O)COc2ccc(F)c(Cl)c2)CC1. The number of amides is 2. The molecule has 1 aromatic carbocycles. The lowest BCUT2D eigenvalue weighted by Gasteiger charge is -2.32. The highest BCUT2D eigenvalue weighted by atomic mass is 35.5. The Hall–Kier alpha value is -1.82. The highest BCUT2D eigenvalue weighted by molar-refractivity contribution is 6.30. The second-order valence-electron chi connectivity index (χ2n) is 5.75. The van der Waals surface area contributed by atoms with Crippen molar-refractivity contribution in [2.24, 2.45) is 5.92 Å². The summed E-state index contributed by atoms with van der Waals surface area (Å²) >= 11 is 5.66. The monoisotopic (exact) mass is 342 g/mol. The van der Waals surface area contributed by atoms with Crippen LogP contribution in [0.15, 0.2) is 18.2 Å². The van der Waals surface area contributed by atoms with E-state index in [0.29, 0.717) is 31.7 Å². The summed E-state index contributed by atoms with van der Waals surface area (Å²) in [6.07, 6.45) is 1.32. The van der Waals surface area contributed by atoms with Gasteiger partial charge in [0, 0.05) is 39.2 Å². The molecule has 0 radical (unpaired) electrons. The van der Waals surface area contributed by atoms with Crippen LogP contribution in [0.2, 0.25) is 5.02 Å². The van der Waals surface area contributed by atoms with Gasteiger partial charge in [-0.1, -0.05) is 11.6 Å². The average Bonchev–Trinajstić information content (AvgIpc) is 2.55. The summed E-state index contributed by atoms with van der Waals surface area (Å²) in [6.45, 7) is 0.946. The smallest absolute Gasteiger partial charge is 0.260 e. The number of nitrogens with zero attached hydrogens (tertiary/aromatic N) is 2. The van der Waals surface area contributed by atoms with E-state index in [1.54, 1.807) is 23.9 Å². The first kappa shape index (κ1) is 17.5. The number of hydrogen-bond donors (Lipinski definition) is 0. The number of ether oxygens (including phenoxy) is 1. The fourth-order valence-electron chi connectivity index (χ4n) is 2.54. The molecular formula is C16H20ClFN2O3. The second-order valence-corrected chi connectivity index (χ2v) is 6.16. The lowest BCUT2D eigenvalue weighted by molar-refractivity contribution is -0.140. The molecular weight excluding hydrogens is 323 g/mol. The number of carbonyl (C=O) groups excluding carboxylic acids is 2. The van der Waals surface area contributed by atoms with Crippen LogP contribution >= 0.6 is 11.6 Å². The second kappa shape index (κ2) is 7.64. The molecule has 0 aromatic heterocycles. The van der Waals surface area contributed by atoms with Crippen molar-refractivity contribution < 1.29 is 18.7 Å². The van der Waals surface area contributed by atoms with Gasteiger partial charge in [-0.2, -0.15) is 0 Å². The largest absolute Gasteiger partial charge is 0.484 e. The predicted octanol–water partition coefficient (Wildman–Crippen LogP) is 2.18. The number of piperidine rings is 1. The van der Waals surface area contributed by atoms with Gasteiger partial charge in [-0.05, 0) is 25.0 Å². The Balaban J connectivity index is 1.81. The highest BCUT2D eigenvalue weighted by Gasteiger charge is 2.28. The van der Waals surface area contributed by atoms with E-state index in [1.165, 1.54) is 18.2 Å². The molecule has 2 amide bonds. The maximum atomic E-state index is 13.1. The molecule has 0 bridgehead atoms. The predicted molar refractivity (Wildman–Crippen MR) is 84.9 cm³/mol. The Morgan fingerprint density at radius 2 is 2.00 bits per heavy atom. The molecule has 7 heteroatoms. The molecule has 0 atom stereocenters. The van der Waals surface area contributed by atoms with Crippen LogP contribution < -0.4 is 4.74 Å². The van der Waals surface area contributed by atoms with Crippen LogP contribution in [0.25, 0.3) is 0 Å². The molecule has 2 rings (SSSR count). The first-order valence-electron chi connectivity index (χ1n) is 7.45. The van der Waals surface area contributed by atoms with E-state index in [1.807, 2.05) is 0 Å². The Bertz CT molecular complexity index is 587. The van der Waals surface area contributed by atoms with Crippen LogP contribution in [-0.2, 0) is 9.59 Å². The Labute approximate surface area is 140 Å². The number of likely N-dealkylation sites (tertiary alicyclic amines) is 1. The standard InChI is InChI=1S/C16H20ClFN2O3/c1-19(2)16(22)11-5-7-20(8-6-11)15(21)10-23-12-3-4-14(18)13(17)9-12/h3-4,9,11H,5-8,10H2,1-2H3. The maximum Gasteiger partial charge on any atom is 0.260 e. The summed E-state index contributed by atoms with van der Waals surface area (Å²) in [5, 5.41) is -0.0436. The molecule has 1 aliphatic rings. The molecule has 1 aliphatic heterocycles. The Morgan fingerprint density at radius 1 is 1.35 bits per heavy atom. The topological polar surface area (TPSA) is 49.9 Å². The molecule has 126 valence electrons. The van der Waals surface area contributed by atoms with E-state index in [9.17, 15) is 14.0 Å². The van der Waals surface area contributed by atoms with Crippen LogP contribution in [0.5, 0.6) is 5.75 Å². The number of benzene rings is 1. The molecule has 5 nitrogen and oxygen atoms in total. The van der Waals surface area contributed by atoms with Gasteiger partial charge in [0.2, 0.25) is 5.91 Å². The van der Waals surface area contributed by atoms with Crippen molar-refractivity contribution in [1.82, 2.24) is 9.80 Å². The first-order chi connectivity index (χ1) is 10.9. The van der Waals surface area contributed by atoms with Crippen LogP contribution in [0, 0.1) is 11.7 Å². The van der Waals surface area contributed by atoms with E-state index < -0.39 is 5.82 Å². The fraction of sp³-hybridized carbons (Fsp3) is 0.500. The Kier molecular flexibility index (Phi) is 5.82. The van der Waals surface area contributed by atoms with Gasteiger partial charge in [0.25, 0.3) is 5.91 Å². The van der Waals surface area contributed by atoms with Gasteiger partial charge < -0.3 is 14.5 Å². The fourth-order valence-corrected chi connectivity index (χ4v) is 2.71. The maximum absolute atomic E-state index is 13.1. The molecule has 0 saturated carbocycles. The normalized spacial score (nSPS) is 15.4. The van der Waals surface area contributed by atoms with Crippen LogP contribution in [-0.4, -0.2) is 55.4 Å². The summed E-state index contributed by atoms with van der Waals surface area (Å²) in [5.74, 6) is -0.248. The highest BCUT2D eigenvalue weighted by Crippen LogP contribution is 2.22. The zero-order chi connectivity index (χ0) is 17.0. The quantitative estimate of drug-likeness (QED) is 0.842. The third-order valence-corrected chi connectivity index (χ3v) is 4.18. The van der Waals surface area contributed by atoms with Crippen molar-refractivity contribution >= 4 is 23.4 Å². The lowest BCUT2D eigenvalue weighted by atomic mass is 9.95. The number of rotatable bonds is 4. The van der Waals surface area contributed by atoms with Crippen molar-refractivity contribution in [3.05, 3.63) is 29.0 Å². The molecule has 0 spiro atoms. The molecule has 0 aliphatic carbocycles. The van der Waals surface area contributed by atoms with Gasteiger partial charge >= 0.3 is 0 Å². The molecule has 23 heavy (non-hydrogen) atoms. The Morgan fingerprint density at radius 3 is 2.57 bits per heavy atom. The third-order valence-electron chi connectivity index (χ3n) is 3.89. The molecule has 0 unspecified atom stereocenters. The molecule has 0 N–H and O–H groups in total.